The molecular weight excluding hydrogens is 156 g/mol. The molecule has 0 atom stereocenters. The molecule has 0 amide bonds. The summed E-state index contributed by atoms with van der Waals surface area (Å²) >= 11 is 0. The Hall–Kier alpha value is -1.04. The molecule has 0 bridgehead atoms. The first-order valence-electron chi connectivity index (χ1n) is 4.78. The molecular formula is C13H18. The van der Waals surface area contributed by atoms with Crippen LogP contribution in [0.3, 0.4) is 0 Å². The lowest BCUT2D eigenvalue weighted by Crippen LogP contribution is -2.18. The third-order valence-corrected chi connectivity index (χ3v) is 2.91. The molecule has 1 aromatic carbocycles. The molecule has 0 unspecified atom stereocenters. The Bertz CT molecular complexity index is 291. The first-order valence-corrected chi connectivity index (χ1v) is 4.78. The summed E-state index contributed by atoms with van der Waals surface area (Å²) in [6.45, 7) is 8.81. The van der Waals surface area contributed by atoms with Gasteiger partial charge in [-0.15, -0.1) is 0 Å². The van der Waals surface area contributed by atoms with Gasteiger partial charge < -0.3 is 0 Å². The summed E-state index contributed by atoms with van der Waals surface area (Å²) in [6.07, 6.45) is 2.19. The van der Waals surface area contributed by atoms with Crippen LogP contribution in [0.1, 0.15) is 33.3 Å². The van der Waals surface area contributed by atoms with Crippen molar-refractivity contribution in [3.8, 4) is 0 Å². The summed E-state index contributed by atoms with van der Waals surface area (Å²) in [5.41, 5.74) is 2.96. The third-order valence-electron chi connectivity index (χ3n) is 2.91. The fourth-order valence-electron chi connectivity index (χ4n) is 1.44. The SMILES string of the molecule is C/C=C(\C)C(C)(C)c1ccccc1. The van der Waals surface area contributed by atoms with Crippen LogP contribution in [-0.2, 0) is 5.41 Å². The lowest BCUT2D eigenvalue weighted by atomic mass is 9.78. The minimum absolute atomic E-state index is 0.163. The van der Waals surface area contributed by atoms with Gasteiger partial charge in [-0.05, 0) is 19.4 Å². The largest absolute Gasteiger partial charge is 0.0879 e. The van der Waals surface area contributed by atoms with E-state index in [2.05, 4.69) is 64.1 Å². The number of hydrogen-bond donors (Lipinski definition) is 0. The second-order valence-corrected chi connectivity index (χ2v) is 3.96. The summed E-state index contributed by atoms with van der Waals surface area (Å²) in [7, 11) is 0. The highest BCUT2D eigenvalue weighted by Crippen LogP contribution is 2.30. The lowest BCUT2D eigenvalue weighted by Gasteiger charge is -2.26. The molecule has 1 aromatic rings. The third kappa shape index (κ3) is 2.00. The van der Waals surface area contributed by atoms with Crippen LogP contribution in [0.15, 0.2) is 42.0 Å². The van der Waals surface area contributed by atoms with Crippen LogP contribution in [0.2, 0.25) is 0 Å². The van der Waals surface area contributed by atoms with Crippen LogP contribution >= 0.6 is 0 Å². The average Bonchev–Trinajstić information content (AvgIpc) is 2.18. The van der Waals surface area contributed by atoms with Gasteiger partial charge in [0.1, 0.15) is 0 Å². The summed E-state index contributed by atoms with van der Waals surface area (Å²) < 4.78 is 0. The molecule has 0 aliphatic heterocycles. The smallest absolute Gasteiger partial charge is 0.0102 e. The first kappa shape index (κ1) is 10.0. The molecule has 0 aliphatic rings. The zero-order chi connectivity index (χ0) is 9.90. The van der Waals surface area contributed by atoms with Gasteiger partial charge in [0.15, 0.2) is 0 Å². The molecule has 0 heterocycles. The maximum atomic E-state index is 2.26. The standard InChI is InChI=1S/C13H18/c1-5-11(2)13(3,4)12-9-7-6-8-10-12/h5-10H,1-4H3/b11-5+. The summed E-state index contributed by atoms with van der Waals surface area (Å²) in [5, 5.41) is 0. The molecule has 70 valence electrons. The van der Waals surface area contributed by atoms with Crippen LogP contribution < -0.4 is 0 Å². The summed E-state index contributed by atoms with van der Waals surface area (Å²) in [6, 6.07) is 10.6. The summed E-state index contributed by atoms with van der Waals surface area (Å²) in [5.74, 6) is 0. The molecule has 0 aliphatic carbocycles. The van der Waals surface area contributed by atoms with E-state index >= 15 is 0 Å². The van der Waals surface area contributed by atoms with Crippen LogP contribution in [-0.4, -0.2) is 0 Å². The minimum atomic E-state index is 0.163. The van der Waals surface area contributed by atoms with Crippen LogP contribution in [0.5, 0.6) is 0 Å². The van der Waals surface area contributed by atoms with E-state index in [9.17, 15) is 0 Å². The van der Waals surface area contributed by atoms with Crippen molar-refractivity contribution in [1.82, 2.24) is 0 Å². The topological polar surface area (TPSA) is 0 Å². The fraction of sp³-hybridized carbons (Fsp3) is 0.385. The Kier molecular flexibility index (Phi) is 2.92. The molecule has 0 radical (unpaired) electrons. The van der Waals surface area contributed by atoms with Crippen molar-refractivity contribution in [2.24, 2.45) is 0 Å². The van der Waals surface area contributed by atoms with E-state index in [1.165, 1.54) is 11.1 Å². The lowest BCUT2D eigenvalue weighted by molar-refractivity contribution is 0.622. The molecule has 0 nitrogen and oxygen atoms in total. The number of rotatable bonds is 2. The molecule has 13 heavy (non-hydrogen) atoms. The van der Waals surface area contributed by atoms with Crippen molar-refractivity contribution in [3.63, 3.8) is 0 Å². The van der Waals surface area contributed by atoms with Crippen molar-refractivity contribution in [1.29, 1.82) is 0 Å². The Morgan fingerprint density at radius 3 is 2.15 bits per heavy atom. The van der Waals surface area contributed by atoms with Gasteiger partial charge in [0.2, 0.25) is 0 Å². The Morgan fingerprint density at radius 1 is 1.15 bits per heavy atom. The van der Waals surface area contributed by atoms with Gasteiger partial charge >= 0.3 is 0 Å². The van der Waals surface area contributed by atoms with E-state index in [4.69, 9.17) is 0 Å². The monoisotopic (exact) mass is 174 g/mol. The van der Waals surface area contributed by atoms with Crippen LogP contribution in [0, 0.1) is 0 Å². The molecule has 0 spiro atoms. The molecule has 0 heteroatoms. The number of benzene rings is 1. The highest BCUT2D eigenvalue weighted by Gasteiger charge is 2.21. The molecule has 0 saturated carbocycles. The van der Waals surface area contributed by atoms with Crippen LogP contribution in [0.4, 0.5) is 0 Å². The second-order valence-electron chi connectivity index (χ2n) is 3.96. The molecule has 0 N–H and O–H groups in total. The van der Waals surface area contributed by atoms with Gasteiger partial charge in [-0.3, -0.25) is 0 Å². The Morgan fingerprint density at radius 2 is 1.69 bits per heavy atom. The molecule has 1 rings (SSSR count). The van der Waals surface area contributed by atoms with Crippen molar-refractivity contribution >= 4 is 0 Å². The van der Waals surface area contributed by atoms with Gasteiger partial charge in [0.05, 0.1) is 0 Å². The van der Waals surface area contributed by atoms with Gasteiger partial charge in [-0.2, -0.15) is 0 Å². The molecule has 0 fully saturated rings. The number of hydrogen-bond acceptors (Lipinski definition) is 0. The van der Waals surface area contributed by atoms with E-state index in [1.54, 1.807) is 0 Å². The molecule has 0 saturated heterocycles. The van der Waals surface area contributed by atoms with E-state index in [0.717, 1.165) is 0 Å². The highest BCUT2D eigenvalue weighted by atomic mass is 14.2. The van der Waals surface area contributed by atoms with Gasteiger partial charge in [-0.25, -0.2) is 0 Å². The van der Waals surface area contributed by atoms with Crippen LogP contribution in [0.25, 0.3) is 0 Å². The fourth-order valence-corrected chi connectivity index (χ4v) is 1.44. The Balaban J connectivity index is 3.08. The van der Waals surface area contributed by atoms with E-state index < -0.39 is 0 Å². The van der Waals surface area contributed by atoms with E-state index in [1.807, 2.05) is 0 Å². The predicted molar refractivity (Wildman–Crippen MR) is 58.9 cm³/mol. The highest BCUT2D eigenvalue weighted by molar-refractivity contribution is 5.32. The van der Waals surface area contributed by atoms with Crippen molar-refractivity contribution in [2.75, 3.05) is 0 Å². The quantitative estimate of drug-likeness (QED) is 0.596. The van der Waals surface area contributed by atoms with Crippen molar-refractivity contribution < 1.29 is 0 Å². The zero-order valence-electron chi connectivity index (χ0n) is 8.96. The van der Waals surface area contributed by atoms with Gasteiger partial charge in [0, 0.05) is 5.41 Å². The molecule has 0 aromatic heterocycles. The average molecular weight is 174 g/mol. The Labute approximate surface area is 81.3 Å². The zero-order valence-corrected chi connectivity index (χ0v) is 8.96. The van der Waals surface area contributed by atoms with Crippen molar-refractivity contribution in [3.05, 3.63) is 47.5 Å². The second kappa shape index (κ2) is 3.78. The van der Waals surface area contributed by atoms with E-state index in [-0.39, 0.29) is 5.41 Å². The normalized spacial score (nSPS) is 13.1. The van der Waals surface area contributed by atoms with Gasteiger partial charge in [0.25, 0.3) is 0 Å². The predicted octanol–water partition coefficient (Wildman–Crippen LogP) is 3.93. The maximum Gasteiger partial charge on any atom is 0.0102 e. The number of allylic oxidation sites excluding steroid dienone is 2. The summed E-state index contributed by atoms with van der Waals surface area (Å²) in [4.78, 5) is 0. The first-order chi connectivity index (χ1) is 6.09. The van der Waals surface area contributed by atoms with E-state index in [0.29, 0.717) is 0 Å². The van der Waals surface area contributed by atoms with Crippen molar-refractivity contribution in [2.45, 2.75) is 33.1 Å². The minimum Gasteiger partial charge on any atom is -0.0879 e. The maximum absolute atomic E-state index is 2.26. The van der Waals surface area contributed by atoms with Gasteiger partial charge in [-0.1, -0.05) is 55.8 Å².